The van der Waals surface area contributed by atoms with Crippen molar-refractivity contribution in [2.24, 2.45) is 0 Å². The van der Waals surface area contributed by atoms with Gasteiger partial charge in [-0.2, -0.15) is 5.10 Å². The first-order valence-electron chi connectivity index (χ1n) is 10.2. The molecule has 2 aromatic heterocycles. The zero-order valence-electron chi connectivity index (χ0n) is 17.2. The number of benzene rings is 1. The molecule has 0 aliphatic carbocycles. The van der Waals surface area contributed by atoms with Gasteiger partial charge in [-0.15, -0.1) is 0 Å². The molecular weight excluding hydrogens is 400 g/mol. The highest BCUT2D eigenvalue weighted by atomic mass is 35.5. The van der Waals surface area contributed by atoms with E-state index in [1.54, 1.807) is 30.6 Å². The first-order chi connectivity index (χ1) is 14.5. The van der Waals surface area contributed by atoms with Gasteiger partial charge in [-0.3, -0.25) is 4.79 Å². The summed E-state index contributed by atoms with van der Waals surface area (Å²) in [5.74, 6) is 1.65. The fourth-order valence-electron chi connectivity index (χ4n) is 3.83. The van der Waals surface area contributed by atoms with Crippen molar-refractivity contribution in [2.75, 3.05) is 23.3 Å². The predicted octanol–water partition coefficient (Wildman–Crippen LogP) is 4.10. The number of rotatable bonds is 6. The van der Waals surface area contributed by atoms with Gasteiger partial charge in [-0.25, -0.2) is 14.6 Å². The molecule has 1 aromatic carbocycles. The molecule has 7 nitrogen and oxygen atoms in total. The average molecular weight is 425 g/mol. The van der Waals surface area contributed by atoms with Gasteiger partial charge >= 0.3 is 0 Å². The second kappa shape index (κ2) is 8.83. The van der Waals surface area contributed by atoms with E-state index in [0.717, 1.165) is 47.4 Å². The Kier molecular flexibility index (Phi) is 5.99. The van der Waals surface area contributed by atoms with Gasteiger partial charge in [-0.1, -0.05) is 11.6 Å². The van der Waals surface area contributed by atoms with Crippen molar-refractivity contribution in [2.45, 2.75) is 39.5 Å². The average Bonchev–Trinajstić information content (AvgIpc) is 3.37. The molecule has 3 aromatic rings. The molecule has 4 rings (SSSR count). The van der Waals surface area contributed by atoms with Crippen molar-refractivity contribution in [3.8, 4) is 5.82 Å². The minimum atomic E-state index is -0.0396. The first-order valence-corrected chi connectivity index (χ1v) is 10.6. The fourth-order valence-corrected chi connectivity index (χ4v) is 3.95. The summed E-state index contributed by atoms with van der Waals surface area (Å²) in [6.45, 7) is 6.05. The van der Waals surface area contributed by atoms with E-state index in [-0.39, 0.29) is 5.91 Å². The largest absolute Gasteiger partial charge is 0.356 e. The molecular formula is C22H25ClN6O. The van der Waals surface area contributed by atoms with Gasteiger partial charge in [0.15, 0.2) is 5.82 Å². The third-order valence-electron chi connectivity index (χ3n) is 5.46. The molecule has 0 unspecified atom stereocenters. The molecule has 156 valence electrons. The summed E-state index contributed by atoms with van der Waals surface area (Å²) in [4.78, 5) is 23.5. The van der Waals surface area contributed by atoms with Gasteiger partial charge in [0.25, 0.3) is 0 Å². The van der Waals surface area contributed by atoms with Gasteiger partial charge in [-0.05, 0) is 62.9 Å². The van der Waals surface area contributed by atoms with Crippen molar-refractivity contribution in [3.63, 3.8) is 0 Å². The van der Waals surface area contributed by atoms with Crippen LogP contribution in [0.1, 0.15) is 36.2 Å². The Morgan fingerprint density at radius 2 is 1.80 bits per heavy atom. The Bertz CT molecular complexity index is 1040. The molecule has 1 aliphatic rings. The molecule has 1 N–H and O–H groups in total. The molecule has 1 saturated heterocycles. The Morgan fingerprint density at radius 3 is 2.53 bits per heavy atom. The van der Waals surface area contributed by atoms with E-state index in [4.69, 9.17) is 11.6 Å². The maximum atomic E-state index is 12.4. The molecule has 0 atom stereocenters. The molecule has 1 amide bonds. The molecule has 1 fully saturated rings. The van der Waals surface area contributed by atoms with E-state index >= 15 is 0 Å². The Labute approximate surface area is 181 Å². The second-order valence-electron chi connectivity index (χ2n) is 7.54. The summed E-state index contributed by atoms with van der Waals surface area (Å²) in [5, 5.41) is 8.23. The Morgan fingerprint density at radius 1 is 1.10 bits per heavy atom. The number of nitrogens with one attached hydrogen (secondary N) is 1. The molecule has 0 radical (unpaired) electrons. The van der Waals surface area contributed by atoms with Crippen LogP contribution in [0, 0.1) is 13.8 Å². The van der Waals surface area contributed by atoms with Crippen molar-refractivity contribution < 1.29 is 4.79 Å². The molecule has 0 saturated carbocycles. The topological polar surface area (TPSA) is 75.9 Å². The number of nitrogens with zero attached hydrogens (tertiary/aromatic N) is 5. The number of carbonyl (C=O) groups excluding carboxylic acids is 1. The molecule has 8 heteroatoms. The highest BCUT2D eigenvalue weighted by Crippen LogP contribution is 2.22. The van der Waals surface area contributed by atoms with Crippen molar-refractivity contribution >= 4 is 29.0 Å². The van der Waals surface area contributed by atoms with E-state index in [1.165, 1.54) is 12.8 Å². The minimum absolute atomic E-state index is 0.0396. The fraction of sp³-hybridized carbons (Fsp3) is 0.364. The Hall–Kier alpha value is -2.93. The van der Waals surface area contributed by atoms with Gasteiger partial charge in [0, 0.05) is 42.0 Å². The maximum Gasteiger partial charge on any atom is 0.224 e. The van der Waals surface area contributed by atoms with Gasteiger partial charge in [0.2, 0.25) is 5.91 Å². The smallest absolute Gasteiger partial charge is 0.224 e. The summed E-state index contributed by atoms with van der Waals surface area (Å²) in [6, 6.07) is 9.09. The van der Waals surface area contributed by atoms with E-state index < -0.39 is 0 Å². The molecule has 30 heavy (non-hydrogen) atoms. The predicted molar refractivity (Wildman–Crippen MR) is 118 cm³/mol. The van der Waals surface area contributed by atoms with Gasteiger partial charge in [0.1, 0.15) is 12.1 Å². The molecule has 3 heterocycles. The molecule has 1 aliphatic heterocycles. The van der Waals surface area contributed by atoms with Crippen LogP contribution in [-0.2, 0) is 11.2 Å². The van der Waals surface area contributed by atoms with E-state index in [9.17, 15) is 4.79 Å². The van der Waals surface area contributed by atoms with Crippen LogP contribution in [0.4, 0.5) is 11.5 Å². The first kappa shape index (κ1) is 20.3. The number of carbonyl (C=O) groups is 1. The Balaban J connectivity index is 1.46. The van der Waals surface area contributed by atoms with Crippen LogP contribution in [0.5, 0.6) is 0 Å². The van der Waals surface area contributed by atoms with Gasteiger partial charge < -0.3 is 10.2 Å². The zero-order chi connectivity index (χ0) is 21.1. The quantitative estimate of drug-likeness (QED) is 0.644. The van der Waals surface area contributed by atoms with E-state index in [1.807, 2.05) is 24.6 Å². The number of anilines is 2. The maximum absolute atomic E-state index is 12.4. The van der Waals surface area contributed by atoms with E-state index in [2.05, 4.69) is 25.3 Å². The van der Waals surface area contributed by atoms with Crippen LogP contribution in [0.15, 0.2) is 36.7 Å². The highest BCUT2D eigenvalue weighted by molar-refractivity contribution is 6.30. The van der Waals surface area contributed by atoms with Crippen LogP contribution in [0.2, 0.25) is 5.02 Å². The zero-order valence-corrected chi connectivity index (χ0v) is 18.0. The lowest BCUT2D eigenvalue weighted by Crippen LogP contribution is -2.19. The number of amides is 1. The summed E-state index contributed by atoms with van der Waals surface area (Å²) < 4.78 is 1.85. The van der Waals surface area contributed by atoms with E-state index in [0.29, 0.717) is 17.9 Å². The van der Waals surface area contributed by atoms with Crippen molar-refractivity contribution in [1.29, 1.82) is 0 Å². The van der Waals surface area contributed by atoms with Crippen molar-refractivity contribution in [1.82, 2.24) is 19.7 Å². The number of hydrogen-bond acceptors (Lipinski definition) is 5. The lowest BCUT2D eigenvalue weighted by Gasteiger charge is -2.16. The normalized spacial score (nSPS) is 13.6. The SMILES string of the molecule is Cc1nn(-c2cc(N3CCCC3)ncn2)c(C)c1CCC(=O)Nc1ccc(Cl)cc1. The van der Waals surface area contributed by atoms with Crippen LogP contribution in [0.3, 0.4) is 0 Å². The third kappa shape index (κ3) is 4.46. The molecule has 0 bridgehead atoms. The minimum Gasteiger partial charge on any atom is -0.356 e. The lowest BCUT2D eigenvalue weighted by atomic mass is 10.1. The van der Waals surface area contributed by atoms with Crippen molar-refractivity contribution in [3.05, 3.63) is 58.6 Å². The third-order valence-corrected chi connectivity index (χ3v) is 5.71. The van der Waals surface area contributed by atoms with Crippen LogP contribution < -0.4 is 10.2 Å². The van der Waals surface area contributed by atoms with Crippen LogP contribution in [-0.4, -0.2) is 38.7 Å². The standard InChI is InChI=1S/C22H25ClN6O/c1-15-19(9-10-22(30)26-18-7-5-17(23)6-8-18)16(2)29(27-15)21-13-20(24-14-25-21)28-11-3-4-12-28/h5-8,13-14H,3-4,9-12H2,1-2H3,(H,26,30). The summed E-state index contributed by atoms with van der Waals surface area (Å²) in [7, 11) is 0. The van der Waals surface area contributed by atoms with Crippen LogP contribution >= 0.6 is 11.6 Å². The summed E-state index contributed by atoms with van der Waals surface area (Å²) in [6.07, 6.45) is 4.97. The monoisotopic (exact) mass is 424 g/mol. The summed E-state index contributed by atoms with van der Waals surface area (Å²) in [5.41, 5.74) is 3.72. The number of hydrogen-bond donors (Lipinski definition) is 1. The molecule has 0 spiro atoms. The number of halogens is 1. The summed E-state index contributed by atoms with van der Waals surface area (Å²) >= 11 is 5.89. The second-order valence-corrected chi connectivity index (χ2v) is 7.98. The lowest BCUT2D eigenvalue weighted by molar-refractivity contribution is -0.116. The van der Waals surface area contributed by atoms with Gasteiger partial charge in [0.05, 0.1) is 5.69 Å². The number of aromatic nitrogens is 4. The highest BCUT2D eigenvalue weighted by Gasteiger charge is 2.18. The van der Waals surface area contributed by atoms with Crippen LogP contribution in [0.25, 0.3) is 5.82 Å². The number of aryl methyl sites for hydroxylation is 1.